The Kier molecular flexibility index (Phi) is 4.25. The summed E-state index contributed by atoms with van der Waals surface area (Å²) in [6, 6.07) is 8.98. The summed E-state index contributed by atoms with van der Waals surface area (Å²) < 4.78 is 19.0. The van der Waals surface area contributed by atoms with Gasteiger partial charge in [0.2, 0.25) is 0 Å². The van der Waals surface area contributed by atoms with E-state index in [2.05, 4.69) is 0 Å². The average Bonchev–Trinajstić information content (AvgIpc) is 2.37. The maximum atomic E-state index is 13.6. The minimum absolute atomic E-state index is 0.0505. The molecule has 20 heavy (non-hydrogen) atoms. The molecule has 5 heteroatoms. The maximum absolute atomic E-state index is 13.6. The van der Waals surface area contributed by atoms with Gasteiger partial charge in [0.15, 0.2) is 0 Å². The average molecular weight is 295 g/mol. The second-order valence-corrected chi connectivity index (χ2v) is 4.74. The Labute approximate surface area is 120 Å². The molecule has 0 spiro atoms. The summed E-state index contributed by atoms with van der Waals surface area (Å²) >= 11 is 5.67. The first kappa shape index (κ1) is 14.3. The van der Waals surface area contributed by atoms with Crippen LogP contribution < -0.4 is 4.74 Å². The molecule has 0 amide bonds. The van der Waals surface area contributed by atoms with Crippen molar-refractivity contribution in [1.82, 2.24) is 0 Å². The lowest BCUT2D eigenvalue weighted by molar-refractivity contribution is 0.0696. The first-order valence-electron chi connectivity index (χ1n) is 5.88. The molecule has 0 aliphatic heterocycles. The van der Waals surface area contributed by atoms with E-state index >= 15 is 0 Å². The summed E-state index contributed by atoms with van der Waals surface area (Å²) in [5.74, 6) is -0.934. The van der Waals surface area contributed by atoms with E-state index in [0.717, 1.165) is 0 Å². The number of benzene rings is 2. The van der Waals surface area contributed by atoms with Crippen molar-refractivity contribution in [1.29, 1.82) is 0 Å². The van der Waals surface area contributed by atoms with E-state index < -0.39 is 11.8 Å². The molecule has 0 unspecified atom stereocenters. The highest BCUT2D eigenvalue weighted by Gasteiger charge is 2.08. The molecular formula is C15H12ClFO3. The Bertz CT molecular complexity index is 656. The molecule has 0 saturated heterocycles. The maximum Gasteiger partial charge on any atom is 0.335 e. The monoisotopic (exact) mass is 294 g/mol. The fourth-order valence-corrected chi connectivity index (χ4v) is 1.92. The van der Waals surface area contributed by atoms with Crippen molar-refractivity contribution in [2.75, 3.05) is 0 Å². The van der Waals surface area contributed by atoms with Crippen molar-refractivity contribution in [3.05, 3.63) is 63.9 Å². The molecule has 0 atom stereocenters. The molecule has 104 valence electrons. The Hall–Kier alpha value is -2.07. The zero-order valence-corrected chi connectivity index (χ0v) is 11.4. The molecular weight excluding hydrogens is 283 g/mol. The molecule has 2 aromatic carbocycles. The number of rotatable bonds is 4. The van der Waals surface area contributed by atoms with Gasteiger partial charge in [0, 0.05) is 10.6 Å². The first-order valence-corrected chi connectivity index (χ1v) is 6.26. The zero-order chi connectivity index (χ0) is 14.7. The third-order valence-corrected chi connectivity index (χ3v) is 3.07. The van der Waals surface area contributed by atoms with E-state index in [1.807, 2.05) is 0 Å². The number of aryl methyl sites for hydroxylation is 1. The van der Waals surface area contributed by atoms with Gasteiger partial charge in [-0.3, -0.25) is 0 Å². The molecule has 0 fully saturated rings. The molecule has 0 radical (unpaired) electrons. The van der Waals surface area contributed by atoms with Gasteiger partial charge in [-0.25, -0.2) is 9.18 Å². The molecule has 0 saturated carbocycles. The SMILES string of the molecule is Cc1cc(OCc2ccc(Cl)cc2F)ccc1C(=O)O. The third kappa shape index (κ3) is 3.27. The first-order chi connectivity index (χ1) is 9.47. The van der Waals surface area contributed by atoms with E-state index in [1.54, 1.807) is 31.2 Å². The summed E-state index contributed by atoms with van der Waals surface area (Å²) in [4.78, 5) is 10.9. The second-order valence-electron chi connectivity index (χ2n) is 4.31. The lowest BCUT2D eigenvalue weighted by atomic mass is 10.1. The van der Waals surface area contributed by atoms with Crippen LogP contribution in [0.2, 0.25) is 5.02 Å². The van der Waals surface area contributed by atoms with Gasteiger partial charge in [-0.2, -0.15) is 0 Å². The highest BCUT2D eigenvalue weighted by atomic mass is 35.5. The van der Waals surface area contributed by atoms with E-state index in [9.17, 15) is 9.18 Å². The Morgan fingerprint density at radius 3 is 2.65 bits per heavy atom. The molecule has 2 aromatic rings. The van der Waals surface area contributed by atoms with E-state index in [-0.39, 0.29) is 12.2 Å². The molecule has 0 aliphatic carbocycles. The second kappa shape index (κ2) is 5.92. The quantitative estimate of drug-likeness (QED) is 0.925. The summed E-state index contributed by atoms with van der Waals surface area (Å²) in [6.45, 7) is 1.73. The van der Waals surface area contributed by atoms with Gasteiger partial charge in [0.05, 0.1) is 5.56 Å². The normalized spacial score (nSPS) is 10.3. The number of aromatic carboxylic acids is 1. The standard InChI is InChI=1S/C15H12ClFO3/c1-9-6-12(4-5-13(9)15(18)19)20-8-10-2-3-11(16)7-14(10)17/h2-7H,8H2,1H3,(H,18,19). The predicted octanol–water partition coefficient (Wildman–Crippen LogP) is 4.06. The summed E-state index contributed by atoms with van der Waals surface area (Å²) in [6.07, 6.45) is 0. The lowest BCUT2D eigenvalue weighted by Crippen LogP contribution is -2.02. The summed E-state index contributed by atoms with van der Waals surface area (Å²) in [7, 11) is 0. The van der Waals surface area contributed by atoms with Crippen LogP contribution in [0.15, 0.2) is 36.4 Å². The molecule has 0 aromatic heterocycles. The molecule has 0 heterocycles. The summed E-state index contributed by atoms with van der Waals surface area (Å²) in [5, 5.41) is 9.25. The van der Waals surface area contributed by atoms with Gasteiger partial charge in [-0.1, -0.05) is 17.7 Å². The minimum Gasteiger partial charge on any atom is -0.489 e. The van der Waals surface area contributed by atoms with E-state index in [0.29, 0.717) is 21.9 Å². The van der Waals surface area contributed by atoms with Crippen molar-refractivity contribution in [3.63, 3.8) is 0 Å². The number of halogens is 2. The topological polar surface area (TPSA) is 46.5 Å². The number of carboxylic acids is 1. The minimum atomic E-state index is -0.988. The van der Waals surface area contributed by atoms with Crippen molar-refractivity contribution in [2.24, 2.45) is 0 Å². The van der Waals surface area contributed by atoms with Crippen LogP contribution in [0.4, 0.5) is 4.39 Å². The van der Waals surface area contributed by atoms with Gasteiger partial charge in [0.1, 0.15) is 18.2 Å². The molecule has 1 N–H and O–H groups in total. The summed E-state index contributed by atoms with van der Waals surface area (Å²) in [5.41, 5.74) is 1.19. The molecule has 0 bridgehead atoms. The fraction of sp³-hybridized carbons (Fsp3) is 0.133. The largest absolute Gasteiger partial charge is 0.489 e. The highest BCUT2D eigenvalue weighted by molar-refractivity contribution is 6.30. The number of carboxylic acid groups (broad SMARTS) is 1. The zero-order valence-electron chi connectivity index (χ0n) is 10.7. The van der Waals surface area contributed by atoms with E-state index in [1.165, 1.54) is 12.1 Å². The van der Waals surface area contributed by atoms with Crippen LogP contribution in [0, 0.1) is 12.7 Å². The predicted molar refractivity (Wildman–Crippen MR) is 73.9 cm³/mol. The van der Waals surface area contributed by atoms with Gasteiger partial charge >= 0.3 is 5.97 Å². The smallest absolute Gasteiger partial charge is 0.335 e. The highest BCUT2D eigenvalue weighted by Crippen LogP contribution is 2.20. The van der Waals surface area contributed by atoms with Crippen molar-refractivity contribution >= 4 is 17.6 Å². The Balaban J connectivity index is 2.11. The van der Waals surface area contributed by atoms with Crippen LogP contribution in [0.25, 0.3) is 0 Å². The Morgan fingerprint density at radius 1 is 1.30 bits per heavy atom. The van der Waals surface area contributed by atoms with Gasteiger partial charge in [-0.05, 0) is 42.8 Å². The van der Waals surface area contributed by atoms with Crippen LogP contribution in [0.5, 0.6) is 5.75 Å². The van der Waals surface area contributed by atoms with Crippen molar-refractivity contribution in [3.8, 4) is 5.75 Å². The number of hydrogen-bond donors (Lipinski definition) is 1. The third-order valence-electron chi connectivity index (χ3n) is 2.84. The number of ether oxygens (including phenoxy) is 1. The van der Waals surface area contributed by atoms with Crippen LogP contribution in [0.3, 0.4) is 0 Å². The van der Waals surface area contributed by atoms with Crippen LogP contribution in [0.1, 0.15) is 21.5 Å². The molecule has 0 aliphatic rings. The lowest BCUT2D eigenvalue weighted by Gasteiger charge is -2.09. The van der Waals surface area contributed by atoms with Crippen LogP contribution in [-0.4, -0.2) is 11.1 Å². The molecule has 3 nitrogen and oxygen atoms in total. The van der Waals surface area contributed by atoms with Crippen molar-refractivity contribution < 1.29 is 19.0 Å². The van der Waals surface area contributed by atoms with E-state index in [4.69, 9.17) is 21.4 Å². The van der Waals surface area contributed by atoms with Gasteiger partial charge in [-0.15, -0.1) is 0 Å². The molecule has 2 rings (SSSR count). The van der Waals surface area contributed by atoms with Gasteiger partial charge in [0.25, 0.3) is 0 Å². The number of hydrogen-bond acceptors (Lipinski definition) is 2. The van der Waals surface area contributed by atoms with Crippen molar-refractivity contribution in [2.45, 2.75) is 13.5 Å². The Morgan fingerprint density at radius 2 is 2.05 bits per heavy atom. The fourth-order valence-electron chi connectivity index (χ4n) is 1.77. The van der Waals surface area contributed by atoms with Crippen LogP contribution >= 0.6 is 11.6 Å². The number of carbonyl (C=O) groups is 1. The van der Waals surface area contributed by atoms with Crippen LogP contribution in [-0.2, 0) is 6.61 Å². The van der Waals surface area contributed by atoms with Gasteiger partial charge < -0.3 is 9.84 Å².